The number of thiazole rings is 1. The van der Waals surface area contributed by atoms with Crippen molar-refractivity contribution in [1.29, 1.82) is 0 Å². The second-order valence-corrected chi connectivity index (χ2v) is 8.26. The molecule has 6 heteroatoms. The summed E-state index contributed by atoms with van der Waals surface area (Å²) in [5.41, 5.74) is 4.90. The van der Waals surface area contributed by atoms with Crippen LogP contribution in [-0.4, -0.2) is 18.0 Å². The highest BCUT2D eigenvalue weighted by Gasteiger charge is 2.10. The van der Waals surface area contributed by atoms with Crippen molar-refractivity contribution in [3.05, 3.63) is 101 Å². The summed E-state index contributed by atoms with van der Waals surface area (Å²) in [7, 11) is 1.63. The summed E-state index contributed by atoms with van der Waals surface area (Å²) >= 11 is 1.37. The Bertz CT molecular complexity index is 1250. The minimum Gasteiger partial charge on any atom is -0.496 e. The zero-order valence-corrected chi connectivity index (χ0v) is 19.3. The summed E-state index contributed by atoms with van der Waals surface area (Å²) in [6, 6.07) is 23.5. The van der Waals surface area contributed by atoms with E-state index in [0.29, 0.717) is 11.7 Å². The molecule has 0 aliphatic carbocycles. The highest BCUT2D eigenvalue weighted by Crippen LogP contribution is 2.31. The Kier molecular flexibility index (Phi) is 7.17. The zero-order valence-electron chi connectivity index (χ0n) is 18.4. The fourth-order valence-electron chi connectivity index (χ4n) is 3.16. The van der Waals surface area contributed by atoms with Crippen molar-refractivity contribution in [3.63, 3.8) is 0 Å². The predicted octanol–water partition coefficient (Wildman–Crippen LogP) is 6.36. The van der Waals surface area contributed by atoms with Crippen LogP contribution < -0.4 is 14.8 Å². The summed E-state index contributed by atoms with van der Waals surface area (Å²) in [5.74, 6) is 1.28. The van der Waals surface area contributed by atoms with Gasteiger partial charge in [0.25, 0.3) is 0 Å². The third kappa shape index (κ3) is 6.08. The summed E-state index contributed by atoms with van der Waals surface area (Å²) in [4.78, 5) is 16.8. The van der Waals surface area contributed by atoms with Gasteiger partial charge < -0.3 is 9.47 Å². The van der Waals surface area contributed by atoms with E-state index in [4.69, 9.17) is 9.47 Å². The fourth-order valence-corrected chi connectivity index (χ4v) is 3.87. The number of methoxy groups -OCH3 is 1. The Morgan fingerprint density at radius 3 is 2.55 bits per heavy atom. The largest absolute Gasteiger partial charge is 0.496 e. The van der Waals surface area contributed by atoms with Crippen molar-refractivity contribution >= 4 is 28.5 Å². The van der Waals surface area contributed by atoms with Crippen LogP contribution in [0.3, 0.4) is 0 Å². The molecule has 0 aliphatic heterocycles. The van der Waals surface area contributed by atoms with Crippen LogP contribution in [0.5, 0.6) is 11.5 Å². The average molecular weight is 457 g/mol. The molecule has 0 spiro atoms. The summed E-state index contributed by atoms with van der Waals surface area (Å²) in [5, 5.41) is 5.24. The number of nitrogens with zero attached hydrogens (tertiary/aromatic N) is 1. The quantitative estimate of drug-likeness (QED) is 0.314. The van der Waals surface area contributed by atoms with E-state index in [1.54, 1.807) is 13.2 Å². The van der Waals surface area contributed by atoms with E-state index >= 15 is 0 Å². The van der Waals surface area contributed by atoms with Crippen LogP contribution in [0.2, 0.25) is 0 Å². The topological polar surface area (TPSA) is 60.5 Å². The second-order valence-electron chi connectivity index (χ2n) is 7.40. The van der Waals surface area contributed by atoms with Crippen LogP contribution in [-0.2, 0) is 11.4 Å². The van der Waals surface area contributed by atoms with Crippen LogP contribution in [0.4, 0.5) is 5.13 Å². The van der Waals surface area contributed by atoms with E-state index in [2.05, 4.69) is 41.5 Å². The molecule has 1 aromatic heterocycles. The molecule has 0 unspecified atom stereocenters. The molecule has 5 nitrogen and oxygen atoms in total. The molecule has 0 radical (unpaired) electrons. The minimum absolute atomic E-state index is 0.240. The standard InChI is InChI=1S/C27H24N2O3S/c1-19-7-9-21(10-8-19)17-32-22-14-11-20(12-15-22)13-16-26(30)29-27-28-24(18-33-27)23-5-3-4-6-25(23)31-2/h3-16,18H,17H2,1-2H3,(H,28,29,30)/b16-13+. The van der Waals surface area contributed by atoms with E-state index < -0.39 is 0 Å². The molecule has 4 aromatic rings. The maximum absolute atomic E-state index is 12.3. The van der Waals surface area contributed by atoms with Crippen LogP contribution in [0.1, 0.15) is 16.7 Å². The van der Waals surface area contributed by atoms with Gasteiger partial charge in [0.15, 0.2) is 5.13 Å². The third-order valence-electron chi connectivity index (χ3n) is 4.95. The minimum atomic E-state index is -0.240. The number of benzene rings is 3. The number of ether oxygens (including phenoxy) is 2. The van der Waals surface area contributed by atoms with Crippen LogP contribution in [0.25, 0.3) is 17.3 Å². The number of nitrogens with one attached hydrogen (secondary N) is 1. The lowest BCUT2D eigenvalue weighted by molar-refractivity contribution is -0.111. The molecule has 0 atom stereocenters. The predicted molar refractivity (Wildman–Crippen MR) is 134 cm³/mol. The molecule has 0 saturated carbocycles. The molecule has 1 N–H and O–H groups in total. The van der Waals surface area contributed by atoms with Crippen LogP contribution in [0, 0.1) is 6.92 Å². The van der Waals surface area contributed by atoms with Crippen molar-refractivity contribution < 1.29 is 14.3 Å². The van der Waals surface area contributed by atoms with Gasteiger partial charge >= 0.3 is 0 Å². The Labute approximate surface area is 197 Å². The lowest BCUT2D eigenvalue weighted by Gasteiger charge is -2.07. The number of amides is 1. The van der Waals surface area contributed by atoms with E-state index in [9.17, 15) is 4.79 Å². The van der Waals surface area contributed by atoms with Gasteiger partial charge in [-0.2, -0.15) is 0 Å². The number of carbonyl (C=O) groups excluding carboxylic acids is 1. The first-order chi connectivity index (χ1) is 16.1. The van der Waals surface area contributed by atoms with Crippen LogP contribution in [0.15, 0.2) is 84.3 Å². The van der Waals surface area contributed by atoms with Gasteiger partial charge in [-0.15, -0.1) is 11.3 Å². The van der Waals surface area contributed by atoms with Crippen molar-refractivity contribution in [2.45, 2.75) is 13.5 Å². The molecule has 0 saturated heterocycles. The molecule has 0 aliphatic rings. The van der Waals surface area contributed by atoms with Gasteiger partial charge in [0.1, 0.15) is 18.1 Å². The Morgan fingerprint density at radius 2 is 1.79 bits per heavy atom. The molecule has 166 valence electrons. The van der Waals surface area contributed by atoms with Crippen molar-refractivity contribution in [1.82, 2.24) is 4.98 Å². The zero-order chi connectivity index (χ0) is 23.0. The first-order valence-corrected chi connectivity index (χ1v) is 11.3. The Balaban J connectivity index is 1.31. The molecule has 3 aromatic carbocycles. The smallest absolute Gasteiger partial charge is 0.250 e. The average Bonchev–Trinajstić information content (AvgIpc) is 3.31. The van der Waals surface area contributed by atoms with Gasteiger partial charge in [-0.3, -0.25) is 10.1 Å². The summed E-state index contributed by atoms with van der Waals surface area (Å²) < 4.78 is 11.2. The summed E-state index contributed by atoms with van der Waals surface area (Å²) in [6.07, 6.45) is 3.25. The van der Waals surface area contributed by atoms with Gasteiger partial charge in [0.05, 0.1) is 12.8 Å². The molecule has 4 rings (SSSR count). The third-order valence-corrected chi connectivity index (χ3v) is 5.71. The molecule has 33 heavy (non-hydrogen) atoms. The highest BCUT2D eigenvalue weighted by molar-refractivity contribution is 7.14. The van der Waals surface area contributed by atoms with Gasteiger partial charge in [0, 0.05) is 17.0 Å². The van der Waals surface area contributed by atoms with E-state index in [0.717, 1.165) is 33.9 Å². The Hall–Kier alpha value is -3.90. The van der Waals surface area contributed by atoms with Gasteiger partial charge in [-0.25, -0.2) is 4.98 Å². The van der Waals surface area contributed by atoms with E-state index in [-0.39, 0.29) is 5.91 Å². The normalized spacial score (nSPS) is 10.8. The van der Waals surface area contributed by atoms with Crippen molar-refractivity contribution in [2.75, 3.05) is 12.4 Å². The van der Waals surface area contributed by atoms with Crippen molar-refractivity contribution in [2.24, 2.45) is 0 Å². The number of aryl methyl sites for hydroxylation is 1. The highest BCUT2D eigenvalue weighted by atomic mass is 32.1. The van der Waals surface area contributed by atoms with E-state index in [1.165, 1.54) is 23.0 Å². The fraction of sp³-hybridized carbons (Fsp3) is 0.111. The summed E-state index contributed by atoms with van der Waals surface area (Å²) in [6.45, 7) is 2.58. The van der Waals surface area contributed by atoms with Gasteiger partial charge in [-0.05, 0) is 48.4 Å². The molecule has 1 amide bonds. The lowest BCUT2D eigenvalue weighted by atomic mass is 10.1. The number of rotatable bonds is 8. The number of hydrogen-bond acceptors (Lipinski definition) is 5. The molecule has 0 bridgehead atoms. The maximum atomic E-state index is 12.3. The SMILES string of the molecule is COc1ccccc1-c1csc(NC(=O)/C=C/c2ccc(OCc3ccc(C)cc3)cc2)n1. The number of anilines is 1. The first-order valence-electron chi connectivity index (χ1n) is 10.5. The lowest BCUT2D eigenvalue weighted by Crippen LogP contribution is -2.07. The van der Waals surface area contributed by atoms with Gasteiger partial charge in [-0.1, -0.05) is 54.1 Å². The monoisotopic (exact) mass is 456 g/mol. The van der Waals surface area contributed by atoms with Crippen LogP contribution >= 0.6 is 11.3 Å². The van der Waals surface area contributed by atoms with Crippen molar-refractivity contribution in [3.8, 4) is 22.8 Å². The number of hydrogen-bond donors (Lipinski definition) is 1. The maximum Gasteiger partial charge on any atom is 0.250 e. The number of carbonyl (C=O) groups is 1. The first kappa shape index (κ1) is 22.3. The molecule has 0 fully saturated rings. The molecule has 1 heterocycles. The van der Waals surface area contributed by atoms with E-state index in [1.807, 2.05) is 53.9 Å². The second kappa shape index (κ2) is 10.6. The van der Waals surface area contributed by atoms with Gasteiger partial charge in [0.2, 0.25) is 5.91 Å². The molecular weight excluding hydrogens is 432 g/mol. The number of aromatic nitrogens is 1. The molecular formula is C27H24N2O3S. The number of para-hydroxylation sites is 1. The Morgan fingerprint density at radius 1 is 1.03 bits per heavy atom.